The van der Waals surface area contributed by atoms with Gasteiger partial charge in [-0.25, -0.2) is 14.4 Å². The number of fused-ring (bicyclic) bond motifs is 1. The average Bonchev–Trinajstić information content (AvgIpc) is 2.56. The van der Waals surface area contributed by atoms with E-state index in [4.69, 9.17) is 4.74 Å². The highest BCUT2D eigenvalue weighted by Gasteiger charge is 2.19. The lowest BCUT2D eigenvalue weighted by Gasteiger charge is -2.29. The summed E-state index contributed by atoms with van der Waals surface area (Å²) >= 11 is 0. The van der Waals surface area contributed by atoms with Crippen molar-refractivity contribution >= 4 is 16.9 Å². The van der Waals surface area contributed by atoms with E-state index in [1.165, 1.54) is 12.1 Å². The maximum atomic E-state index is 13.9. The molecule has 1 N–H and O–H groups in total. The highest BCUT2D eigenvalue weighted by Crippen LogP contribution is 2.19. The van der Waals surface area contributed by atoms with Crippen LogP contribution in [0.5, 0.6) is 0 Å². The van der Waals surface area contributed by atoms with E-state index in [-0.39, 0.29) is 17.5 Å². The Bertz CT molecular complexity index is 790. The molecule has 1 aromatic carbocycles. The van der Waals surface area contributed by atoms with Gasteiger partial charge in [0.15, 0.2) is 0 Å². The zero-order valence-electron chi connectivity index (χ0n) is 14.8. The highest BCUT2D eigenvalue weighted by atomic mass is 19.1. The van der Waals surface area contributed by atoms with Crippen molar-refractivity contribution in [1.82, 2.24) is 20.2 Å². The molecular formula is C18H23FN4O2. The van der Waals surface area contributed by atoms with Crippen molar-refractivity contribution in [3.05, 3.63) is 34.9 Å². The van der Waals surface area contributed by atoms with Gasteiger partial charge in [0, 0.05) is 31.7 Å². The number of hydrogen-bond acceptors (Lipinski definition) is 5. The van der Waals surface area contributed by atoms with Crippen molar-refractivity contribution in [2.45, 2.75) is 26.8 Å². The summed E-state index contributed by atoms with van der Waals surface area (Å²) in [6.07, 6.45) is 0. The van der Waals surface area contributed by atoms with Crippen LogP contribution in [0.4, 0.5) is 4.39 Å². The molecule has 1 amide bonds. The van der Waals surface area contributed by atoms with Gasteiger partial charge >= 0.3 is 0 Å². The normalized spacial score (nSPS) is 16.8. The van der Waals surface area contributed by atoms with Crippen molar-refractivity contribution in [1.29, 1.82) is 0 Å². The summed E-state index contributed by atoms with van der Waals surface area (Å²) in [5.74, 6) is -0.821. The van der Waals surface area contributed by atoms with Crippen LogP contribution in [0.3, 0.4) is 0 Å². The quantitative estimate of drug-likeness (QED) is 0.915. The predicted octanol–water partition coefficient (Wildman–Crippen LogP) is 1.84. The number of aryl methyl sites for hydroxylation is 2. The molecular weight excluding hydrogens is 323 g/mol. The monoisotopic (exact) mass is 346 g/mol. The molecule has 134 valence electrons. The van der Waals surface area contributed by atoms with Gasteiger partial charge in [0.2, 0.25) is 0 Å². The Morgan fingerprint density at radius 2 is 1.96 bits per heavy atom. The largest absolute Gasteiger partial charge is 0.379 e. The van der Waals surface area contributed by atoms with E-state index in [1.54, 1.807) is 0 Å². The van der Waals surface area contributed by atoms with E-state index in [1.807, 2.05) is 20.8 Å². The molecule has 1 unspecified atom stereocenters. The zero-order valence-corrected chi connectivity index (χ0v) is 14.8. The molecule has 2 heterocycles. The number of benzene rings is 1. The lowest BCUT2D eigenvalue weighted by molar-refractivity contribution is 0.0342. The van der Waals surface area contributed by atoms with Crippen LogP contribution in [0.1, 0.15) is 28.7 Å². The van der Waals surface area contributed by atoms with Crippen LogP contribution in [-0.2, 0) is 4.74 Å². The number of ether oxygens (including phenoxy) is 1. The second kappa shape index (κ2) is 7.41. The van der Waals surface area contributed by atoms with Gasteiger partial charge in [-0.1, -0.05) is 0 Å². The fraction of sp³-hybridized carbons (Fsp3) is 0.500. The predicted molar refractivity (Wildman–Crippen MR) is 93.2 cm³/mol. The van der Waals surface area contributed by atoms with Crippen LogP contribution in [0.15, 0.2) is 12.1 Å². The maximum absolute atomic E-state index is 13.9. The maximum Gasteiger partial charge on any atom is 0.253 e. The number of rotatable bonds is 4. The molecule has 1 aliphatic rings. The first kappa shape index (κ1) is 17.7. The Labute approximate surface area is 146 Å². The van der Waals surface area contributed by atoms with E-state index in [9.17, 15) is 9.18 Å². The number of amides is 1. The fourth-order valence-electron chi connectivity index (χ4n) is 2.99. The average molecular weight is 346 g/mol. The van der Waals surface area contributed by atoms with Crippen molar-refractivity contribution in [3.63, 3.8) is 0 Å². The molecule has 1 atom stereocenters. The van der Waals surface area contributed by atoms with Gasteiger partial charge < -0.3 is 10.1 Å². The minimum absolute atomic E-state index is 0.0663. The number of nitrogens with one attached hydrogen (secondary N) is 1. The first-order chi connectivity index (χ1) is 11.9. The molecule has 25 heavy (non-hydrogen) atoms. The molecule has 6 nitrogen and oxygen atoms in total. The van der Waals surface area contributed by atoms with E-state index in [2.05, 4.69) is 20.2 Å². The zero-order chi connectivity index (χ0) is 18.0. The second-order valence-electron chi connectivity index (χ2n) is 6.50. The molecule has 0 spiro atoms. The number of nitrogens with zero attached hydrogens (tertiary/aromatic N) is 3. The van der Waals surface area contributed by atoms with Crippen molar-refractivity contribution in [2.24, 2.45) is 0 Å². The van der Waals surface area contributed by atoms with Crippen LogP contribution < -0.4 is 5.32 Å². The summed E-state index contributed by atoms with van der Waals surface area (Å²) in [5, 5.41) is 2.94. The third-order valence-corrected chi connectivity index (χ3v) is 4.40. The number of carbonyl (C=O) groups excluding carboxylic acids is 1. The molecule has 2 aromatic rings. The molecule has 0 saturated carbocycles. The second-order valence-corrected chi connectivity index (χ2v) is 6.50. The summed E-state index contributed by atoms with van der Waals surface area (Å²) < 4.78 is 19.3. The van der Waals surface area contributed by atoms with Gasteiger partial charge in [-0.2, -0.15) is 0 Å². The third kappa shape index (κ3) is 4.11. The summed E-state index contributed by atoms with van der Waals surface area (Å²) in [6, 6.07) is 2.47. The van der Waals surface area contributed by atoms with Crippen molar-refractivity contribution in [2.75, 3.05) is 32.8 Å². The molecule has 1 saturated heterocycles. The van der Waals surface area contributed by atoms with E-state index in [0.717, 1.165) is 31.0 Å². The van der Waals surface area contributed by atoms with Gasteiger partial charge in [-0.05, 0) is 26.8 Å². The number of carbonyl (C=O) groups is 1. The summed E-state index contributed by atoms with van der Waals surface area (Å²) in [5.41, 5.74) is 2.51. The molecule has 1 fully saturated rings. The molecule has 7 heteroatoms. The summed E-state index contributed by atoms with van der Waals surface area (Å²) in [6.45, 7) is 9.44. The molecule has 1 aromatic heterocycles. The molecule has 0 bridgehead atoms. The van der Waals surface area contributed by atoms with Crippen molar-refractivity contribution in [3.8, 4) is 0 Å². The van der Waals surface area contributed by atoms with Crippen LogP contribution >= 0.6 is 0 Å². The highest BCUT2D eigenvalue weighted by molar-refractivity contribution is 6.04. The first-order valence-electron chi connectivity index (χ1n) is 8.49. The van der Waals surface area contributed by atoms with Gasteiger partial charge in [0.05, 0.1) is 35.7 Å². The molecule has 0 aliphatic carbocycles. The first-order valence-corrected chi connectivity index (χ1v) is 8.49. The summed E-state index contributed by atoms with van der Waals surface area (Å²) in [4.78, 5) is 23.7. The molecule has 3 rings (SSSR count). The van der Waals surface area contributed by atoms with Crippen LogP contribution in [0.25, 0.3) is 11.0 Å². The van der Waals surface area contributed by atoms with Gasteiger partial charge in [0.25, 0.3) is 5.91 Å². The Morgan fingerprint density at radius 3 is 2.68 bits per heavy atom. The standard InChI is InChI=1S/C18H23FN4O2/c1-11(10-23-4-6-25-7-5-23)20-18(24)15-8-14(19)9-16-17(15)22-13(3)12(2)21-16/h8-9,11H,4-7,10H2,1-3H3,(H,20,24). The summed E-state index contributed by atoms with van der Waals surface area (Å²) in [7, 11) is 0. The van der Waals surface area contributed by atoms with E-state index in [0.29, 0.717) is 24.2 Å². The Balaban J connectivity index is 1.80. The van der Waals surface area contributed by atoms with E-state index < -0.39 is 5.82 Å². The number of aromatic nitrogens is 2. The lowest BCUT2D eigenvalue weighted by Crippen LogP contribution is -2.46. The van der Waals surface area contributed by atoms with Gasteiger partial charge in [-0.15, -0.1) is 0 Å². The lowest BCUT2D eigenvalue weighted by atomic mass is 10.1. The smallest absolute Gasteiger partial charge is 0.253 e. The minimum atomic E-state index is -0.490. The van der Waals surface area contributed by atoms with E-state index >= 15 is 0 Å². The van der Waals surface area contributed by atoms with Crippen LogP contribution in [0, 0.1) is 19.7 Å². The molecule has 1 aliphatic heterocycles. The fourth-order valence-corrected chi connectivity index (χ4v) is 2.99. The minimum Gasteiger partial charge on any atom is -0.379 e. The van der Waals surface area contributed by atoms with Gasteiger partial charge in [-0.3, -0.25) is 9.69 Å². The topological polar surface area (TPSA) is 67.4 Å². The number of hydrogen-bond donors (Lipinski definition) is 1. The number of morpholine rings is 1. The van der Waals surface area contributed by atoms with Gasteiger partial charge in [0.1, 0.15) is 11.3 Å². The van der Waals surface area contributed by atoms with Crippen LogP contribution in [-0.4, -0.2) is 59.7 Å². The third-order valence-electron chi connectivity index (χ3n) is 4.40. The SMILES string of the molecule is Cc1nc2cc(F)cc(C(=O)NC(C)CN3CCOCC3)c2nc1C. The number of halogens is 1. The Hall–Kier alpha value is -2.12. The molecule has 0 radical (unpaired) electrons. The van der Waals surface area contributed by atoms with Crippen LogP contribution in [0.2, 0.25) is 0 Å². The Morgan fingerprint density at radius 1 is 1.28 bits per heavy atom. The van der Waals surface area contributed by atoms with Crippen molar-refractivity contribution < 1.29 is 13.9 Å². The Kier molecular flexibility index (Phi) is 5.24.